The number of carbonyl (C=O) groups excluding carboxylic acids is 1. The molecule has 5 nitrogen and oxygen atoms in total. The van der Waals surface area contributed by atoms with Crippen LogP contribution >= 0.6 is 0 Å². The lowest BCUT2D eigenvalue weighted by Crippen LogP contribution is -2.60. The van der Waals surface area contributed by atoms with Crippen LogP contribution in [0, 0.1) is 11.8 Å². The van der Waals surface area contributed by atoms with Gasteiger partial charge in [-0.15, -0.1) is 0 Å². The van der Waals surface area contributed by atoms with Gasteiger partial charge in [0.25, 0.3) is 0 Å². The van der Waals surface area contributed by atoms with E-state index in [0.29, 0.717) is 25.6 Å². The van der Waals surface area contributed by atoms with Gasteiger partial charge in [-0.1, -0.05) is 41.5 Å². The normalized spacial score (nSPS) is 25.4. The van der Waals surface area contributed by atoms with E-state index in [4.69, 9.17) is 9.16 Å². The Morgan fingerprint density at radius 2 is 1.96 bits per heavy atom. The third-order valence-electron chi connectivity index (χ3n) is 5.60. The number of amides is 1. The van der Waals surface area contributed by atoms with Crippen molar-refractivity contribution < 1.29 is 19.1 Å². The first-order valence-electron chi connectivity index (χ1n) is 9.58. The van der Waals surface area contributed by atoms with E-state index in [-0.39, 0.29) is 23.7 Å². The number of carbonyl (C=O) groups is 1. The summed E-state index contributed by atoms with van der Waals surface area (Å²) in [5.41, 5.74) is -0.397. The van der Waals surface area contributed by atoms with Crippen LogP contribution in [0.1, 0.15) is 54.4 Å². The Morgan fingerprint density at radius 3 is 2.40 bits per heavy atom. The average Bonchev–Trinajstić information content (AvgIpc) is 2.50. The van der Waals surface area contributed by atoms with Gasteiger partial charge in [0.2, 0.25) is 0 Å². The van der Waals surface area contributed by atoms with E-state index in [9.17, 15) is 9.90 Å². The van der Waals surface area contributed by atoms with Crippen molar-refractivity contribution in [2.24, 2.45) is 11.8 Å². The number of rotatable bonds is 6. The summed E-state index contributed by atoms with van der Waals surface area (Å²) >= 11 is 0. The van der Waals surface area contributed by atoms with Crippen LogP contribution in [0.2, 0.25) is 18.1 Å². The third-order valence-corrected chi connectivity index (χ3v) is 10.2. The molecule has 25 heavy (non-hydrogen) atoms. The molecule has 6 heteroatoms. The van der Waals surface area contributed by atoms with Crippen molar-refractivity contribution in [1.29, 1.82) is 0 Å². The highest BCUT2D eigenvalue weighted by Gasteiger charge is 2.48. The van der Waals surface area contributed by atoms with Crippen molar-refractivity contribution in [2.45, 2.75) is 78.1 Å². The smallest absolute Gasteiger partial charge is 0.409 e. The maximum absolute atomic E-state index is 12.5. The summed E-state index contributed by atoms with van der Waals surface area (Å²) in [6.07, 6.45) is 1.33. The van der Waals surface area contributed by atoms with Gasteiger partial charge in [-0.05, 0) is 36.9 Å². The molecule has 1 saturated heterocycles. The van der Waals surface area contributed by atoms with E-state index in [1.54, 1.807) is 4.90 Å². The van der Waals surface area contributed by atoms with Gasteiger partial charge in [0, 0.05) is 19.1 Å². The first kappa shape index (κ1) is 22.4. The van der Waals surface area contributed by atoms with Crippen LogP contribution in [0.4, 0.5) is 4.79 Å². The first-order valence-corrected chi connectivity index (χ1v) is 12.5. The van der Waals surface area contributed by atoms with Crippen molar-refractivity contribution >= 4 is 14.4 Å². The molecule has 0 bridgehead atoms. The van der Waals surface area contributed by atoms with Crippen molar-refractivity contribution in [2.75, 3.05) is 26.3 Å². The van der Waals surface area contributed by atoms with Gasteiger partial charge in [0.05, 0.1) is 18.8 Å². The quantitative estimate of drug-likeness (QED) is 0.707. The predicted molar refractivity (Wildman–Crippen MR) is 104 cm³/mol. The van der Waals surface area contributed by atoms with E-state index in [2.05, 4.69) is 40.8 Å². The highest BCUT2D eigenvalue weighted by atomic mass is 28.4. The molecule has 0 unspecified atom stereocenters. The van der Waals surface area contributed by atoms with Crippen molar-refractivity contribution in [3.8, 4) is 0 Å². The van der Waals surface area contributed by atoms with Crippen LogP contribution in [0.15, 0.2) is 0 Å². The molecule has 0 aromatic heterocycles. The predicted octanol–water partition coefficient (Wildman–Crippen LogP) is 4.26. The van der Waals surface area contributed by atoms with Gasteiger partial charge in [-0.3, -0.25) is 0 Å². The number of piperidine rings is 1. The molecule has 1 rings (SSSR count). The molecule has 0 saturated carbocycles. The van der Waals surface area contributed by atoms with Crippen molar-refractivity contribution in [1.82, 2.24) is 4.90 Å². The average molecular weight is 374 g/mol. The third kappa shape index (κ3) is 5.96. The molecule has 2 atom stereocenters. The maximum atomic E-state index is 12.5. The zero-order chi connectivity index (χ0) is 19.5. The molecule has 148 valence electrons. The minimum atomic E-state index is -1.99. The highest BCUT2D eigenvalue weighted by Crippen LogP contribution is 2.43. The van der Waals surface area contributed by atoms with Crippen molar-refractivity contribution in [3.05, 3.63) is 0 Å². The van der Waals surface area contributed by atoms with Crippen LogP contribution < -0.4 is 0 Å². The van der Waals surface area contributed by atoms with E-state index >= 15 is 0 Å². The second-order valence-electron chi connectivity index (χ2n) is 9.50. The van der Waals surface area contributed by atoms with Crippen LogP contribution in [-0.4, -0.2) is 56.3 Å². The summed E-state index contributed by atoms with van der Waals surface area (Å²) in [6.45, 7) is 18.9. The number of aliphatic hydroxyl groups is 1. The Kier molecular flexibility index (Phi) is 7.54. The number of hydrogen-bond acceptors (Lipinski definition) is 4. The number of likely N-dealkylation sites (tertiary alicyclic amines) is 1. The molecule has 1 aliphatic rings. The van der Waals surface area contributed by atoms with Crippen LogP contribution in [0.3, 0.4) is 0 Å². The van der Waals surface area contributed by atoms with Crippen molar-refractivity contribution in [3.63, 3.8) is 0 Å². The van der Waals surface area contributed by atoms with Gasteiger partial charge < -0.3 is 19.2 Å². The van der Waals surface area contributed by atoms with E-state index in [1.807, 2.05) is 13.8 Å². The fraction of sp³-hybridized carbons (Fsp3) is 0.947. The molecule has 1 aliphatic heterocycles. The van der Waals surface area contributed by atoms with Gasteiger partial charge in [0.1, 0.15) is 0 Å². The maximum Gasteiger partial charge on any atom is 0.409 e. The molecule has 0 spiro atoms. The molecular formula is C19H39NO4Si. The fourth-order valence-electron chi connectivity index (χ4n) is 3.07. The Labute approximate surface area is 155 Å². The number of ether oxygens (including phenoxy) is 1. The lowest BCUT2D eigenvalue weighted by Gasteiger charge is -2.51. The van der Waals surface area contributed by atoms with Gasteiger partial charge in [0.15, 0.2) is 8.32 Å². The minimum Gasteiger partial charge on any atom is -0.449 e. The van der Waals surface area contributed by atoms with Crippen LogP contribution in [0.5, 0.6) is 0 Å². The molecule has 0 radical (unpaired) electrons. The van der Waals surface area contributed by atoms with E-state index in [1.165, 1.54) is 0 Å². The number of aliphatic hydroxyl groups excluding tert-OH is 1. The molecule has 0 aromatic carbocycles. The summed E-state index contributed by atoms with van der Waals surface area (Å²) < 4.78 is 12.2. The zero-order valence-corrected chi connectivity index (χ0v) is 18.5. The molecule has 1 heterocycles. The summed E-state index contributed by atoms with van der Waals surface area (Å²) in [5, 5.41) is 9.87. The largest absolute Gasteiger partial charge is 0.449 e. The fourth-order valence-corrected chi connectivity index (χ4v) is 4.75. The zero-order valence-electron chi connectivity index (χ0n) is 17.5. The summed E-state index contributed by atoms with van der Waals surface area (Å²) in [6, 6.07) is 0. The molecule has 1 N–H and O–H groups in total. The standard InChI is InChI=1S/C19H39NO4Si/c1-9-19(24-25(7,8)18(4,5)6)10-16(12-21)11-20(14-19)17(22)23-13-15(2)3/h15-16,21H,9-14H2,1-8H3/t16-,19+/m0/s1. The second-order valence-corrected chi connectivity index (χ2v) is 14.2. The summed E-state index contributed by atoms with van der Waals surface area (Å²) in [4.78, 5) is 14.2. The minimum absolute atomic E-state index is 0.0325. The first-order chi connectivity index (χ1) is 11.4. The summed E-state index contributed by atoms with van der Waals surface area (Å²) in [7, 11) is -1.99. The van der Waals surface area contributed by atoms with Gasteiger partial charge in [-0.2, -0.15) is 0 Å². The molecule has 0 aromatic rings. The Hall–Kier alpha value is -0.593. The topological polar surface area (TPSA) is 59.0 Å². The summed E-state index contributed by atoms with van der Waals surface area (Å²) in [5.74, 6) is 0.340. The Bertz CT molecular complexity index is 447. The van der Waals surface area contributed by atoms with Gasteiger partial charge in [-0.25, -0.2) is 4.79 Å². The van der Waals surface area contributed by atoms with E-state index in [0.717, 1.165) is 12.8 Å². The number of hydrogen-bond donors (Lipinski definition) is 1. The second kappa shape index (κ2) is 8.40. The molecule has 1 amide bonds. The number of nitrogens with zero attached hydrogens (tertiary/aromatic N) is 1. The van der Waals surface area contributed by atoms with Gasteiger partial charge >= 0.3 is 6.09 Å². The Morgan fingerprint density at radius 1 is 1.36 bits per heavy atom. The molecule has 0 aliphatic carbocycles. The van der Waals surface area contributed by atoms with Crippen LogP contribution in [0.25, 0.3) is 0 Å². The lowest BCUT2D eigenvalue weighted by atomic mass is 9.84. The van der Waals surface area contributed by atoms with E-state index < -0.39 is 13.9 Å². The lowest BCUT2D eigenvalue weighted by molar-refractivity contribution is -0.0521. The van der Waals surface area contributed by atoms with Crippen LogP contribution in [-0.2, 0) is 9.16 Å². The monoisotopic (exact) mass is 373 g/mol. The SMILES string of the molecule is CC[C@@]1(O[Si](C)(C)C(C)(C)C)C[C@H](CO)CN(C(=O)OCC(C)C)C1. The molecule has 1 fully saturated rings. The highest BCUT2D eigenvalue weighted by molar-refractivity contribution is 6.74. The molecular weight excluding hydrogens is 334 g/mol. The Balaban J connectivity index is 2.99.